The Hall–Kier alpha value is -2.14. The van der Waals surface area contributed by atoms with Gasteiger partial charge >= 0.3 is 0 Å². The number of amides is 1. The van der Waals surface area contributed by atoms with Gasteiger partial charge in [0, 0.05) is 31.0 Å². The third kappa shape index (κ3) is 2.88. The number of furan rings is 1. The van der Waals surface area contributed by atoms with Crippen LogP contribution in [0.3, 0.4) is 0 Å². The molecule has 1 atom stereocenters. The molecule has 0 bridgehead atoms. The van der Waals surface area contributed by atoms with Gasteiger partial charge in [0.05, 0.1) is 18.7 Å². The minimum Gasteiger partial charge on any atom is -0.468 e. The van der Waals surface area contributed by atoms with Crippen molar-refractivity contribution in [3.63, 3.8) is 0 Å². The van der Waals surface area contributed by atoms with E-state index in [1.165, 1.54) is 0 Å². The van der Waals surface area contributed by atoms with E-state index in [-0.39, 0.29) is 17.4 Å². The number of pyridine rings is 1. The zero-order valence-electron chi connectivity index (χ0n) is 13.1. The van der Waals surface area contributed by atoms with Gasteiger partial charge in [-0.05, 0) is 43.0 Å². The van der Waals surface area contributed by atoms with Crippen molar-refractivity contribution < 1.29 is 9.21 Å². The third-order valence-electron chi connectivity index (χ3n) is 5.16. The van der Waals surface area contributed by atoms with Crippen LogP contribution in [-0.2, 0) is 11.3 Å². The second-order valence-corrected chi connectivity index (χ2v) is 6.67. The Morgan fingerprint density at radius 1 is 1.30 bits per heavy atom. The molecule has 1 amide bonds. The van der Waals surface area contributed by atoms with Gasteiger partial charge in [-0.1, -0.05) is 6.07 Å². The van der Waals surface area contributed by atoms with E-state index in [0.717, 1.165) is 50.2 Å². The van der Waals surface area contributed by atoms with E-state index >= 15 is 0 Å². The lowest BCUT2D eigenvalue weighted by Gasteiger charge is -2.39. The number of carbonyl (C=O) groups is 1. The quantitative estimate of drug-likeness (QED) is 0.945. The van der Waals surface area contributed by atoms with E-state index in [1.54, 1.807) is 12.5 Å². The molecule has 0 saturated carbocycles. The maximum atomic E-state index is 12.4. The number of piperidine rings is 1. The monoisotopic (exact) mass is 311 g/mol. The summed E-state index contributed by atoms with van der Waals surface area (Å²) >= 11 is 0. The van der Waals surface area contributed by atoms with Gasteiger partial charge in [-0.25, -0.2) is 0 Å². The first-order valence-corrected chi connectivity index (χ1v) is 8.21. The largest absolute Gasteiger partial charge is 0.468 e. The molecule has 120 valence electrons. The average molecular weight is 311 g/mol. The van der Waals surface area contributed by atoms with Crippen molar-refractivity contribution in [2.24, 2.45) is 0 Å². The summed E-state index contributed by atoms with van der Waals surface area (Å²) in [6.07, 6.45) is 8.16. The molecular weight excluding hydrogens is 290 g/mol. The Kier molecular flexibility index (Phi) is 3.65. The van der Waals surface area contributed by atoms with E-state index in [0.29, 0.717) is 0 Å². The topological polar surface area (TPSA) is 58.4 Å². The Balaban J connectivity index is 1.40. The first kappa shape index (κ1) is 14.5. The zero-order chi connectivity index (χ0) is 15.7. The molecule has 0 aliphatic carbocycles. The van der Waals surface area contributed by atoms with Gasteiger partial charge in [-0.15, -0.1) is 0 Å². The number of nitrogens with one attached hydrogen (secondary N) is 1. The molecule has 4 rings (SSSR count). The predicted octanol–water partition coefficient (Wildman–Crippen LogP) is 2.31. The van der Waals surface area contributed by atoms with Crippen molar-refractivity contribution >= 4 is 5.91 Å². The summed E-state index contributed by atoms with van der Waals surface area (Å²) in [5.74, 6) is 1.10. The highest BCUT2D eigenvalue weighted by Gasteiger charge is 2.46. The molecule has 0 radical (unpaired) electrons. The SMILES string of the molecule is O=C1NC2(CCN(Cc3ccco3)CC2)C[C@@H]1c1cccnc1. The maximum absolute atomic E-state index is 12.4. The van der Waals surface area contributed by atoms with E-state index in [9.17, 15) is 4.79 Å². The van der Waals surface area contributed by atoms with Gasteiger partial charge in [0.25, 0.3) is 0 Å². The lowest BCUT2D eigenvalue weighted by atomic mass is 9.82. The summed E-state index contributed by atoms with van der Waals surface area (Å²) in [4.78, 5) is 19.0. The molecule has 1 spiro atoms. The van der Waals surface area contributed by atoms with Crippen LogP contribution in [0.1, 0.15) is 36.5 Å². The van der Waals surface area contributed by atoms with Gasteiger partial charge in [0.15, 0.2) is 0 Å². The fourth-order valence-corrected chi connectivity index (χ4v) is 3.83. The van der Waals surface area contributed by atoms with Crippen molar-refractivity contribution in [3.8, 4) is 0 Å². The third-order valence-corrected chi connectivity index (χ3v) is 5.16. The minimum atomic E-state index is -0.0553. The van der Waals surface area contributed by atoms with E-state index in [4.69, 9.17) is 4.42 Å². The highest BCUT2D eigenvalue weighted by molar-refractivity contribution is 5.87. The predicted molar refractivity (Wildman–Crippen MR) is 85.7 cm³/mol. The molecule has 5 nitrogen and oxygen atoms in total. The number of nitrogens with zero attached hydrogens (tertiary/aromatic N) is 2. The summed E-state index contributed by atoms with van der Waals surface area (Å²) in [6, 6.07) is 7.85. The number of hydrogen-bond donors (Lipinski definition) is 1. The first-order chi connectivity index (χ1) is 11.2. The van der Waals surface area contributed by atoms with Crippen molar-refractivity contribution in [1.29, 1.82) is 0 Å². The molecule has 0 aromatic carbocycles. The number of aromatic nitrogens is 1. The van der Waals surface area contributed by atoms with Crippen molar-refractivity contribution in [1.82, 2.24) is 15.2 Å². The Bertz CT molecular complexity index is 661. The van der Waals surface area contributed by atoms with E-state index in [2.05, 4.69) is 15.2 Å². The lowest BCUT2D eigenvalue weighted by molar-refractivity contribution is -0.121. The molecule has 2 fully saturated rings. The van der Waals surface area contributed by atoms with Crippen LogP contribution in [-0.4, -0.2) is 34.4 Å². The lowest BCUT2D eigenvalue weighted by Crippen LogP contribution is -2.50. The normalized spacial score (nSPS) is 24.0. The van der Waals surface area contributed by atoms with Crippen LogP contribution >= 0.6 is 0 Å². The molecule has 2 aliphatic rings. The number of likely N-dealkylation sites (tertiary alicyclic amines) is 1. The molecule has 2 aromatic heterocycles. The smallest absolute Gasteiger partial charge is 0.228 e. The Morgan fingerprint density at radius 2 is 2.17 bits per heavy atom. The second kappa shape index (κ2) is 5.81. The molecule has 5 heteroatoms. The average Bonchev–Trinajstić information content (AvgIpc) is 3.19. The standard InChI is InChI=1S/C18H21N3O2/c22-17-16(14-3-1-7-19-12-14)11-18(20-17)5-8-21(9-6-18)13-15-4-2-10-23-15/h1-4,7,10,12,16H,5-6,8-9,11,13H2,(H,20,22)/t16-/m1/s1. The molecule has 2 aliphatic heterocycles. The maximum Gasteiger partial charge on any atom is 0.228 e. The van der Waals surface area contributed by atoms with Crippen LogP contribution < -0.4 is 5.32 Å². The number of carbonyl (C=O) groups excluding carboxylic acids is 1. The minimum absolute atomic E-state index is 0.0444. The molecule has 2 aromatic rings. The Morgan fingerprint density at radius 3 is 2.87 bits per heavy atom. The van der Waals surface area contributed by atoms with Gasteiger partial charge in [0.1, 0.15) is 5.76 Å². The van der Waals surface area contributed by atoms with Crippen LogP contribution in [0.4, 0.5) is 0 Å². The molecule has 23 heavy (non-hydrogen) atoms. The molecular formula is C18H21N3O2. The first-order valence-electron chi connectivity index (χ1n) is 8.21. The van der Waals surface area contributed by atoms with Crippen molar-refractivity contribution in [2.45, 2.75) is 37.3 Å². The summed E-state index contributed by atoms with van der Waals surface area (Å²) in [7, 11) is 0. The summed E-state index contributed by atoms with van der Waals surface area (Å²) < 4.78 is 5.43. The van der Waals surface area contributed by atoms with E-state index in [1.807, 2.05) is 30.5 Å². The van der Waals surface area contributed by atoms with Gasteiger partial charge < -0.3 is 9.73 Å². The van der Waals surface area contributed by atoms with Gasteiger partial charge in [-0.3, -0.25) is 14.7 Å². The fraction of sp³-hybridized carbons (Fsp3) is 0.444. The zero-order valence-corrected chi connectivity index (χ0v) is 13.1. The van der Waals surface area contributed by atoms with Crippen LogP contribution in [0, 0.1) is 0 Å². The highest BCUT2D eigenvalue weighted by Crippen LogP contribution is 2.39. The van der Waals surface area contributed by atoms with Crippen LogP contribution in [0.5, 0.6) is 0 Å². The molecule has 0 unspecified atom stereocenters. The molecule has 4 heterocycles. The molecule has 1 N–H and O–H groups in total. The van der Waals surface area contributed by atoms with Crippen LogP contribution in [0.25, 0.3) is 0 Å². The van der Waals surface area contributed by atoms with Crippen molar-refractivity contribution in [2.75, 3.05) is 13.1 Å². The number of hydrogen-bond acceptors (Lipinski definition) is 4. The van der Waals surface area contributed by atoms with Crippen LogP contribution in [0.15, 0.2) is 47.3 Å². The highest BCUT2D eigenvalue weighted by atomic mass is 16.3. The number of rotatable bonds is 3. The second-order valence-electron chi connectivity index (χ2n) is 6.67. The summed E-state index contributed by atoms with van der Waals surface area (Å²) in [5, 5.41) is 3.28. The van der Waals surface area contributed by atoms with Crippen LogP contribution in [0.2, 0.25) is 0 Å². The summed E-state index contributed by atoms with van der Waals surface area (Å²) in [5.41, 5.74) is 0.983. The van der Waals surface area contributed by atoms with Crippen molar-refractivity contribution in [3.05, 3.63) is 54.2 Å². The van der Waals surface area contributed by atoms with E-state index < -0.39 is 0 Å². The van der Waals surface area contributed by atoms with Gasteiger partial charge in [-0.2, -0.15) is 0 Å². The fourth-order valence-electron chi connectivity index (χ4n) is 3.83. The van der Waals surface area contributed by atoms with Gasteiger partial charge in [0.2, 0.25) is 5.91 Å². The molecule has 2 saturated heterocycles. The summed E-state index contributed by atoms with van der Waals surface area (Å²) in [6.45, 7) is 2.82. The Labute approximate surface area is 135 Å².